The van der Waals surface area contributed by atoms with E-state index in [9.17, 15) is 5.11 Å². The summed E-state index contributed by atoms with van der Waals surface area (Å²) in [6, 6.07) is 16.4. The van der Waals surface area contributed by atoms with Gasteiger partial charge in [0.25, 0.3) is 0 Å². The predicted octanol–water partition coefficient (Wildman–Crippen LogP) is 3.65. The molecule has 0 aromatic heterocycles. The summed E-state index contributed by atoms with van der Waals surface area (Å²) in [6.07, 6.45) is 2.40. The Hall–Kier alpha value is -1.35. The summed E-state index contributed by atoms with van der Waals surface area (Å²) < 4.78 is 0. The summed E-state index contributed by atoms with van der Waals surface area (Å²) in [5, 5.41) is 10.5. The van der Waals surface area contributed by atoms with E-state index in [1.165, 1.54) is 16.7 Å². The first-order valence-corrected chi connectivity index (χ1v) is 7.78. The van der Waals surface area contributed by atoms with Crippen LogP contribution in [-0.4, -0.2) is 17.3 Å². The molecule has 1 aliphatic rings. The van der Waals surface area contributed by atoms with E-state index in [4.69, 9.17) is 17.3 Å². The molecule has 0 amide bonds. The van der Waals surface area contributed by atoms with Crippen LogP contribution in [0.1, 0.15) is 18.4 Å². The van der Waals surface area contributed by atoms with Gasteiger partial charge in [-0.2, -0.15) is 0 Å². The van der Waals surface area contributed by atoms with Gasteiger partial charge in [0.15, 0.2) is 0 Å². The molecular weight excluding hydrogens is 282 g/mol. The van der Waals surface area contributed by atoms with Gasteiger partial charge in [-0.15, -0.1) is 0 Å². The average Bonchev–Trinajstić information content (AvgIpc) is 2.79. The number of aliphatic hydroxyl groups is 1. The molecule has 0 heterocycles. The number of hydrogen-bond acceptors (Lipinski definition) is 2. The number of benzene rings is 2. The minimum absolute atomic E-state index is 0.0525. The highest BCUT2D eigenvalue weighted by atomic mass is 35.5. The molecule has 0 spiro atoms. The van der Waals surface area contributed by atoms with Crippen LogP contribution < -0.4 is 5.73 Å². The molecule has 0 radical (unpaired) electrons. The molecule has 3 N–H and O–H groups in total. The third-order valence-corrected chi connectivity index (χ3v) is 4.58. The summed E-state index contributed by atoms with van der Waals surface area (Å²) in [6.45, 7) is 0. The maximum atomic E-state index is 9.73. The van der Waals surface area contributed by atoms with Gasteiger partial charge in [-0.25, -0.2) is 0 Å². The molecule has 3 atom stereocenters. The molecule has 0 bridgehead atoms. The van der Waals surface area contributed by atoms with Crippen molar-refractivity contribution >= 4 is 11.6 Å². The molecule has 3 rings (SSSR count). The molecule has 0 saturated heterocycles. The first-order valence-electron chi connectivity index (χ1n) is 7.40. The van der Waals surface area contributed by atoms with Gasteiger partial charge in [0.05, 0.1) is 6.10 Å². The first kappa shape index (κ1) is 14.6. The Labute approximate surface area is 130 Å². The highest BCUT2D eigenvalue weighted by molar-refractivity contribution is 6.30. The fraction of sp³-hybridized carbons (Fsp3) is 0.333. The maximum absolute atomic E-state index is 9.73. The predicted molar refractivity (Wildman–Crippen MR) is 87.3 cm³/mol. The van der Waals surface area contributed by atoms with E-state index in [0.29, 0.717) is 5.92 Å². The van der Waals surface area contributed by atoms with Crippen molar-refractivity contribution in [1.29, 1.82) is 0 Å². The van der Waals surface area contributed by atoms with Crippen molar-refractivity contribution in [2.24, 2.45) is 11.7 Å². The largest absolute Gasteiger partial charge is 0.392 e. The molecule has 1 aliphatic carbocycles. The summed E-state index contributed by atoms with van der Waals surface area (Å²) in [5.74, 6) is 0.497. The zero-order chi connectivity index (χ0) is 14.8. The molecule has 0 aliphatic heterocycles. The van der Waals surface area contributed by atoms with Crippen molar-refractivity contribution in [3.63, 3.8) is 0 Å². The van der Waals surface area contributed by atoms with Crippen molar-refractivity contribution in [3.8, 4) is 11.1 Å². The van der Waals surface area contributed by atoms with Crippen molar-refractivity contribution in [3.05, 3.63) is 59.1 Å². The lowest BCUT2D eigenvalue weighted by Crippen LogP contribution is -2.28. The topological polar surface area (TPSA) is 46.2 Å². The van der Waals surface area contributed by atoms with Gasteiger partial charge in [0, 0.05) is 11.1 Å². The van der Waals surface area contributed by atoms with Crippen molar-refractivity contribution in [2.75, 3.05) is 0 Å². The quantitative estimate of drug-likeness (QED) is 0.909. The number of rotatable bonds is 3. The standard InChI is InChI=1S/C18H20ClNO/c19-16-7-5-15(6-8-16)14-3-1-12(2-4-14)9-13-10-17(20)18(21)11-13/h1-8,13,17-18,21H,9-11,20H2/t13-,17+,18+/m0/s1. The lowest BCUT2D eigenvalue weighted by Gasteiger charge is -2.10. The monoisotopic (exact) mass is 301 g/mol. The fourth-order valence-corrected chi connectivity index (χ4v) is 3.26. The minimum Gasteiger partial charge on any atom is -0.392 e. The number of aliphatic hydroxyl groups excluding tert-OH is 1. The second-order valence-electron chi connectivity index (χ2n) is 5.98. The Morgan fingerprint density at radius 3 is 2.05 bits per heavy atom. The Morgan fingerprint density at radius 1 is 0.952 bits per heavy atom. The highest BCUT2D eigenvalue weighted by Crippen LogP contribution is 2.29. The van der Waals surface area contributed by atoms with Crippen molar-refractivity contribution in [1.82, 2.24) is 0 Å². The second kappa shape index (κ2) is 6.18. The first-order chi connectivity index (χ1) is 10.1. The van der Waals surface area contributed by atoms with Gasteiger partial charge < -0.3 is 10.8 Å². The van der Waals surface area contributed by atoms with Crippen LogP contribution >= 0.6 is 11.6 Å². The van der Waals surface area contributed by atoms with E-state index in [1.807, 2.05) is 24.3 Å². The average molecular weight is 302 g/mol. The van der Waals surface area contributed by atoms with Crippen molar-refractivity contribution in [2.45, 2.75) is 31.4 Å². The summed E-state index contributed by atoms with van der Waals surface area (Å²) in [7, 11) is 0. The number of halogens is 1. The maximum Gasteiger partial charge on any atom is 0.0693 e. The Morgan fingerprint density at radius 2 is 1.52 bits per heavy atom. The summed E-state index contributed by atoms with van der Waals surface area (Å²) >= 11 is 5.91. The van der Waals surface area contributed by atoms with Gasteiger partial charge in [-0.1, -0.05) is 48.0 Å². The van der Waals surface area contributed by atoms with E-state index in [2.05, 4.69) is 24.3 Å². The molecule has 1 fully saturated rings. The minimum atomic E-state index is -0.330. The van der Waals surface area contributed by atoms with Gasteiger partial charge in [0.1, 0.15) is 0 Å². The second-order valence-corrected chi connectivity index (χ2v) is 6.41. The van der Waals surface area contributed by atoms with E-state index in [-0.39, 0.29) is 12.1 Å². The Bertz CT molecular complexity index is 584. The third-order valence-electron chi connectivity index (χ3n) is 4.33. The molecule has 3 heteroatoms. The highest BCUT2D eigenvalue weighted by Gasteiger charge is 2.29. The SMILES string of the molecule is N[C@@H]1C[C@H](Cc2ccc(-c3ccc(Cl)cc3)cc2)C[C@H]1O. The van der Waals surface area contributed by atoms with Gasteiger partial charge in [0.2, 0.25) is 0 Å². The van der Waals surface area contributed by atoms with Gasteiger partial charge >= 0.3 is 0 Å². The molecule has 110 valence electrons. The molecule has 2 aromatic rings. The molecule has 2 nitrogen and oxygen atoms in total. The van der Waals surface area contributed by atoms with Crippen LogP contribution in [0.5, 0.6) is 0 Å². The molecule has 21 heavy (non-hydrogen) atoms. The number of hydrogen-bond donors (Lipinski definition) is 2. The van der Waals surface area contributed by atoms with Crippen LogP contribution in [-0.2, 0) is 6.42 Å². The lowest BCUT2D eigenvalue weighted by atomic mass is 9.96. The van der Waals surface area contributed by atoms with E-state index >= 15 is 0 Å². The molecule has 2 aromatic carbocycles. The van der Waals surface area contributed by atoms with Crippen LogP contribution in [0.15, 0.2) is 48.5 Å². The molecular formula is C18H20ClNO. The normalized spacial score (nSPS) is 25.2. The van der Waals surface area contributed by atoms with E-state index < -0.39 is 0 Å². The van der Waals surface area contributed by atoms with Crippen LogP contribution in [0.4, 0.5) is 0 Å². The Kier molecular flexibility index (Phi) is 4.29. The lowest BCUT2D eigenvalue weighted by molar-refractivity contribution is 0.161. The smallest absolute Gasteiger partial charge is 0.0693 e. The van der Waals surface area contributed by atoms with Gasteiger partial charge in [-0.3, -0.25) is 0 Å². The van der Waals surface area contributed by atoms with Crippen LogP contribution in [0, 0.1) is 5.92 Å². The summed E-state index contributed by atoms with van der Waals surface area (Å²) in [5.41, 5.74) is 9.54. The zero-order valence-corrected chi connectivity index (χ0v) is 12.6. The summed E-state index contributed by atoms with van der Waals surface area (Å²) in [4.78, 5) is 0. The number of nitrogens with two attached hydrogens (primary N) is 1. The molecule has 0 unspecified atom stereocenters. The Balaban J connectivity index is 1.68. The zero-order valence-electron chi connectivity index (χ0n) is 11.9. The van der Waals surface area contributed by atoms with Crippen LogP contribution in [0.2, 0.25) is 5.02 Å². The van der Waals surface area contributed by atoms with Crippen molar-refractivity contribution < 1.29 is 5.11 Å². The van der Waals surface area contributed by atoms with Gasteiger partial charge in [-0.05, 0) is 54.0 Å². The van der Waals surface area contributed by atoms with E-state index in [0.717, 1.165) is 24.3 Å². The van der Waals surface area contributed by atoms with Crippen LogP contribution in [0.3, 0.4) is 0 Å². The van der Waals surface area contributed by atoms with Crippen LogP contribution in [0.25, 0.3) is 11.1 Å². The fourth-order valence-electron chi connectivity index (χ4n) is 3.13. The third kappa shape index (κ3) is 3.46. The molecule has 1 saturated carbocycles. The van der Waals surface area contributed by atoms with E-state index in [1.54, 1.807) is 0 Å².